The maximum Gasteiger partial charge on any atom is 0.253 e. The second-order valence-electron chi connectivity index (χ2n) is 3.50. The normalized spacial score (nSPS) is 12.8. The molecule has 0 saturated heterocycles. The van der Waals surface area contributed by atoms with E-state index in [0.717, 1.165) is 12.4 Å². The van der Waals surface area contributed by atoms with Crippen molar-refractivity contribution in [2.45, 2.75) is 33.9 Å². The Balaban J connectivity index is 2.77. The molecular weight excluding hydrogens is 180 g/mol. The average Bonchev–Trinajstić information content (AvgIpc) is 2.47. The van der Waals surface area contributed by atoms with Crippen molar-refractivity contribution in [3.05, 3.63) is 18.2 Å². The highest BCUT2D eigenvalue weighted by atomic mass is 16.4. The zero-order valence-corrected chi connectivity index (χ0v) is 8.86. The Kier molecular flexibility index (Phi) is 3.28. The van der Waals surface area contributed by atoms with Gasteiger partial charge in [0.05, 0.1) is 13.1 Å². The summed E-state index contributed by atoms with van der Waals surface area (Å²) in [6.07, 6.45) is 3.86. The van der Waals surface area contributed by atoms with Gasteiger partial charge in [0.2, 0.25) is 0 Å². The fourth-order valence-electron chi connectivity index (χ4n) is 1.44. The quantitative estimate of drug-likeness (QED) is 0.609. The first kappa shape index (κ1) is 10.8. The maximum absolute atomic E-state index is 10.6. The van der Waals surface area contributed by atoms with Gasteiger partial charge in [-0.1, -0.05) is 6.92 Å². The van der Waals surface area contributed by atoms with Gasteiger partial charge < -0.3 is 9.90 Å². The smallest absolute Gasteiger partial charge is 0.253 e. The fraction of sp³-hybridized carbons (Fsp3) is 0.600. The molecule has 0 N–H and O–H groups in total. The molecule has 4 nitrogen and oxygen atoms in total. The highest BCUT2D eigenvalue weighted by Gasteiger charge is 2.13. The standard InChI is InChI=1S/C10H16N2O2/c1-4-11-5-6-12(9(11)3)7-8(2)10(13)14/h5-6,8H,4,7H2,1-3H3. The predicted molar refractivity (Wildman–Crippen MR) is 49.2 cm³/mol. The van der Waals surface area contributed by atoms with E-state index >= 15 is 0 Å². The number of carbonyl (C=O) groups is 1. The number of hydrogen-bond donors (Lipinski definition) is 0. The van der Waals surface area contributed by atoms with Gasteiger partial charge in [-0.25, -0.2) is 9.13 Å². The van der Waals surface area contributed by atoms with Crippen molar-refractivity contribution in [2.75, 3.05) is 0 Å². The molecule has 0 aliphatic heterocycles. The van der Waals surface area contributed by atoms with Gasteiger partial charge in [0, 0.05) is 18.8 Å². The second-order valence-corrected chi connectivity index (χ2v) is 3.50. The van der Waals surface area contributed by atoms with Crippen molar-refractivity contribution in [2.24, 2.45) is 5.92 Å². The van der Waals surface area contributed by atoms with Crippen LogP contribution in [0.25, 0.3) is 0 Å². The van der Waals surface area contributed by atoms with Gasteiger partial charge in [-0.15, -0.1) is 0 Å². The third-order valence-corrected chi connectivity index (χ3v) is 2.47. The molecule has 1 unspecified atom stereocenters. The van der Waals surface area contributed by atoms with Crippen molar-refractivity contribution < 1.29 is 14.5 Å². The molecule has 0 radical (unpaired) electrons. The predicted octanol–water partition coefficient (Wildman–Crippen LogP) is -0.510. The highest BCUT2D eigenvalue weighted by molar-refractivity contribution is 5.66. The number of aliphatic carboxylic acids is 1. The first-order valence-electron chi connectivity index (χ1n) is 4.82. The van der Waals surface area contributed by atoms with E-state index in [4.69, 9.17) is 0 Å². The monoisotopic (exact) mass is 196 g/mol. The van der Waals surface area contributed by atoms with E-state index in [9.17, 15) is 9.90 Å². The van der Waals surface area contributed by atoms with Crippen LogP contribution in [0.4, 0.5) is 0 Å². The minimum Gasteiger partial charge on any atom is -0.550 e. The SMILES string of the molecule is CCn1cc[n+](CC(C)C(=O)[O-])c1C. The molecule has 0 amide bonds. The first-order valence-corrected chi connectivity index (χ1v) is 4.82. The van der Waals surface area contributed by atoms with Crippen LogP contribution in [0.5, 0.6) is 0 Å². The number of carboxylic acid groups (broad SMARTS) is 1. The van der Waals surface area contributed by atoms with Crippen LogP contribution in [0.1, 0.15) is 19.7 Å². The average molecular weight is 196 g/mol. The molecule has 78 valence electrons. The van der Waals surface area contributed by atoms with Crippen molar-refractivity contribution in [1.29, 1.82) is 0 Å². The Bertz CT molecular complexity index is 331. The second kappa shape index (κ2) is 4.26. The van der Waals surface area contributed by atoms with Crippen LogP contribution in [-0.4, -0.2) is 10.5 Å². The molecular formula is C10H16N2O2. The minimum atomic E-state index is -0.999. The highest BCUT2D eigenvalue weighted by Crippen LogP contribution is 1.97. The van der Waals surface area contributed by atoms with Gasteiger partial charge in [0.25, 0.3) is 5.82 Å². The first-order chi connectivity index (χ1) is 6.56. The summed E-state index contributed by atoms with van der Waals surface area (Å²) >= 11 is 0. The van der Waals surface area contributed by atoms with Gasteiger partial charge in [0.15, 0.2) is 0 Å². The Morgan fingerprint density at radius 1 is 1.71 bits per heavy atom. The number of hydrogen-bond acceptors (Lipinski definition) is 2. The number of nitrogens with zero attached hydrogens (tertiary/aromatic N) is 2. The Morgan fingerprint density at radius 2 is 2.36 bits per heavy atom. The minimum absolute atomic E-state index is 0.452. The summed E-state index contributed by atoms with van der Waals surface area (Å²) in [4.78, 5) is 10.6. The number of carbonyl (C=O) groups excluding carboxylic acids is 1. The summed E-state index contributed by atoms with van der Waals surface area (Å²) in [6.45, 7) is 7.07. The van der Waals surface area contributed by atoms with Gasteiger partial charge in [0.1, 0.15) is 12.4 Å². The lowest BCUT2D eigenvalue weighted by molar-refractivity contribution is -0.707. The largest absolute Gasteiger partial charge is 0.550 e. The Labute approximate surface area is 83.8 Å². The van der Waals surface area contributed by atoms with Crippen LogP contribution in [0.3, 0.4) is 0 Å². The van der Waals surface area contributed by atoms with Gasteiger partial charge >= 0.3 is 0 Å². The third-order valence-electron chi connectivity index (χ3n) is 2.47. The summed E-state index contributed by atoms with van der Waals surface area (Å²) < 4.78 is 4.01. The maximum atomic E-state index is 10.6. The molecule has 0 saturated carbocycles. The van der Waals surface area contributed by atoms with E-state index in [2.05, 4.69) is 11.5 Å². The van der Waals surface area contributed by atoms with Gasteiger partial charge in [-0.2, -0.15) is 0 Å². The summed E-state index contributed by atoms with van der Waals surface area (Å²) in [5, 5.41) is 10.6. The molecule has 4 heteroatoms. The number of imidazole rings is 1. The fourth-order valence-corrected chi connectivity index (χ4v) is 1.44. The summed E-state index contributed by atoms with van der Waals surface area (Å²) in [6, 6.07) is 0. The van der Waals surface area contributed by atoms with Crippen LogP contribution in [-0.2, 0) is 17.9 Å². The van der Waals surface area contributed by atoms with Crippen LogP contribution in [0.15, 0.2) is 12.4 Å². The lowest BCUT2D eigenvalue weighted by Crippen LogP contribution is -2.44. The topological polar surface area (TPSA) is 48.9 Å². The molecule has 0 spiro atoms. The molecule has 0 fully saturated rings. The van der Waals surface area contributed by atoms with Crippen molar-refractivity contribution in [1.82, 2.24) is 4.57 Å². The van der Waals surface area contributed by atoms with E-state index in [1.807, 2.05) is 23.9 Å². The van der Waals surface area contributed by atoms with Gasteiger partial charge in [-0.05, 0) is 6.92 Å². The zero-order chi connectivity index (χ0) is 10.7. The lowest BCUT2D eigenvalue weighted by Gasteiger charge is -2.10. The summed E-state index contributed by atoms with van der Waals surface area (Å²) in [7, 11) is 0. The van der Waals surface area contributed by atoms with Crippen LogP contribution in [0, 0.1) is 12.8 Å². The van der Waals surface area contributed by atoms with Crippen molar-refractivity contribution in [3.63, 3.8) is 0 Å². The molecule has 1 atom stereocenters. The summed E-state index contributed by atoms with van der Waals surface area (Å²) in [5.74, 6) is -0.381. The van der Waals surface area contributed by atoms with E-state index in [0.29, 0.717) is 6.54 Å². The van der Waals surface area contributed by atoms with Gasteiger partial charge in [-0.3, -0.25) is 0 Å². The van der Waals surface area contributed by atoms with Crippen LogP contribution < -0.4 is 9.67 Å². The van der Waals surface area contributed by atoms with Crippen LogP contribution >= 0.6 is 0 Å². The molecule has 14 heavy (non-hydrogen) atoms. The molecule has 1 aromatic rings. The lowest BCUT2D eigenvalue weighted by atomic mass is 10.2. The number of aromatic nitrogens is 2. The van der Waals surface area contributed by atoms with Crippen molar-refractivity contribution >= 4 is 5.97 Å². The molecule has 0 aliphatic rings. The Morgan fingerprint density at radius 3 is 2.79 bits per heavy atom. The molecule has 1 rings (SSSR count). The molecule has 1 heterocycles. The van der Waals surface area contributed by atoms with Crippen LogP contribution in [0.2, 0.25) is 0 Å². The molecule has 0 bridgehead atoms. The third kappa shape index (κ3) is 2.13. The van der Waals surface area contributed by atoms with Crippen molar-refractivity contribution in [3.8, 4) is 0 Å². The van der Waals surface area contributed by atoms with E-state index in [-0.39, 0.29) is 0 Å². The number of carboxylic acids is 1. The van der Waals surface area contributed by atoms with E-state index < -0.39 is 11.9 Å². The zero-order valence-electron chi connectivity index (χ0n) is 8.86. The van der Waals surface area contributed by atoms with E-state index in [1.54, 1.807) is 6.92 Å². The molecule has 0 aromatic carbocycles. The number of aryl methyl sites for hydroxylation is 1. The Hall–Kier alpha value is -1.32. The molecule has 1 aromatic heterocycles. The summed E-state index contributed by atoms with van der Waals surface area (Å²) in [5.41, 5.74) is 0. The number of rotatable bonds is 4. The van der Waals surface area contributed by atoms with E-state index in [1.165, 1.54) is 0 Å². The molecule has 0 aliphatic carbocycles.